The summed E-state index contributed by atoms with van der Waals surface area (Å²) in [6.45, 7) is 3.74. The second kappa shape index (κ2) is 7.22. The SMILES string of the molecule is CC1(C)CC(=O)C2=C(C1)N(c1cccc(C(F)(F)F)c1)C(N)=C(C#N)[C@]21C(=O)Nc2ccccc21. The topological polar surface area (TPSA) is 99.2 Å². The first kappa shape index (κ1) is 22.7. The molecular weight excluding hydrogens is 457 g/mol. The number of nitriles is 1. The maximum Gasteiger partial charge on any atom is 0.416 e. The van der Waals surface area contributed by atoms with Crippen LogP contribution in [0.3, 0.4) is 0 Å². The van der Waals surface area contributed by atoms with Crippen LogP contribution in [-0.4, -0.2) is 11.7 Å². The van der Waals surface area contributed by atoms with E-state index in [0.29, 0.717) is 16.9 Å². The van der Waals surface area contributed by atoms with Crippen molar-refractivity contribution in [3.63, 3.8) is 0 Å². The van der Waals surface area contributed by atoms with Gasteiger partial charge in [0.25, 0.3) is 0 Å². The summed E-state index contributed by atoms with van der Waals surface area (Å²) >= 11 is 0. The number of allylic oxidation sites excluding steroid dienone is 1. The number of Topliss-reactive ketones (excluding diaryl/α,β-unsaturated/α-hetero) is 1. The first-order valence-electron chi connectivity index (χ1n) is 11.0. The average Bonchev–Trinajstić information content (AvgIpc) is 3.05. The normalized spacial score (nSPS) is 23.3. The Hall–Kier alpha value is -4.06. The Morgan fingerprint density at radius 3 is 2.49 bits per heavy atom. The molecule has 2 aromatic rings. The van der Waals surface area contributed by atoms with E-state index >= 15 is 0 Å². The van der Waals surface area contributed by atoms with E-state index < -0.39 is 28.5 Å². The number of rotatable bonds is 1. The van der Waals surface area contributed by atoms with Crippen molar-refractivity contribution < 1.29 is 22.8 Å². The number of amides is 1. The highest BCUT2D eigenvalue weighted by atomic mass is 19.4. The van der Waals surface area contributed by atoms with Crippen LogP contribution in [-0.2, 0) is 21.2 Å². The molecule has 9 heteroatoms. The van der Waals surface area contributed by atoms with Crippen molar-refractivity contribution >= 4 is 23.1 Å². The van der Waals surface area contributed by atoms with Crippen molar-refractivity contribution in [3.05, 3.63) is 82.3 Å². The molecule has 0 bridgehead atoms. The summed E-state index contributed by atoms with van der Waals surface area (Å²) in [4.78, 5) is 28.7. The van der Waals surface area contributed by atoms with E-state index in [2.05, 4.69) is 5.32 Å². The molecule has 5 rings (SSSR count). The molecule has 2 aromatic carbocycles. The lowest BCUT2D eigenvalue weighted by molar-refractivity contribution is -0.137. The number of nitrogens with two attached hydrogens (primary N) is 1. The molecule has 0 saturated heterocycles. The van der Waals surface area contributed by atoms with E-state index in [-0.39, 0.29) is 41.3 Å². The second-order valence-electron chi connectivity index (χ2n) is 9.77. The zero-order valence-corrected chi connectivity index (χ0v) is 19.0. The highest BCUT2D eigenvalue weighted by Crippen LogP contribution is 2.57. The molecule has 0 radical (unpaired) electrons. The van der Waals surface area contributed by atoms with Gasteiger partial charge >= 0.3 is 6.18 Å². The fraction of sp³-hybridized carbons (Fsp3) is 0.269. The smallest absolute Gasteiger partial charge is 0.384 e. The fourth-order valence-corrected chi connectivity index (χ4v) is 5.49. The molecule has 1 amide bonds. The summed E-state index contributed by atoms with van der Waals surface area (Å²) in [6, 6.07) is 13.3. The summed E-state index contributed by atoms with van der Waals surface area (Å²) in [7, 11) is 0. The number of hydrogen-bond donors (Lipinski definition) is 2. The predicted molar refractivity (Wildman–Crippen MR) is 123 cm³/mol. The van der Waals surface area contributed by atoms with Crippen molar-refractivity contribution in [3.8, 4) is 6.07 Å². The van der Waals surface area contributed by atoms with Crippen molar-refractivity contribution in [1.82, 2.24) is 0 Å². The lowest BCUT2D eigenvalue weighted by Gasteiger charge is -2.46. The molecule has 1 spiro atoms. The van der Waals surface area contributed by atoms with Crippen molar-refractivity contribution in [1.29, 1.82) is 5.26 Å². The minimum absolute atomic E-state index is 0.0598. The molecule has 0 fully saturated rings. The quantitative estimate of drug-likeness (QED) is 0.616. The minimum Gasteiger partial charge on any atom is -0.384 e. The Bertz CT molecular complexity index is 1410. The fourth-order valence-electron chi connectivity index (χ4n) is 5.49. The summed E-state index contributed by atoms with van der Waals surface area (Å²) in [5.41, 5.74) is 4.47. The van der Waals surface area contributed by atoms with Gasteiger partial charge in [0.1, 0.15) is 17.3 Å². The van der Waals surface area contributed by atoms with Crippen molar-refractivity contribution in [2.75, 3.05) is 10.2 Å². The van der Waals surface area contributed by atoms with Crippen LogP contribution < -0.4 is 16.0 Å². The lowest BCUT2D eigenvalue weighted by Crippen LogP contribution is -2.52. The third-order valence-electron chi connectivity index (χ3n) is 6.83. The third-order valence-corrected chi connectivity index (χ3v) is 6.83. The molecule has 0 aromatic heterocycles. The number of carbonyl (C=O) groups excluding carboxylic acids is 2. The van der Waals surface area contributed by atoms with Crippen LogP contribution in [0.15, 0.2) is 71.2 Å². The number of alkyl halides is 3. The molecule has 2 heterocycles. The zero-order valence-electron chi connectivity index (χ0n) is 19.0. The molecule has 1 atom stereocenters. The number of nitrogens with zero attached hydrogens (tertiary/aromatic N) is 2. The third kappa shape index (κ3) is 3.09. The molecule has 178 valence electrons. The van der Waals surface area contributed by atoms with Gasteiger partial charge in [0.2, 0.25) is 5.91 Å². The Morgan fingerprint density at radius 2 is 1.80 bits per heavy atom. The standard InChI is InChI=1S/C26H21F3N4O2/c1-24(2)11-19-21(20(34)12-24)25(16-8-3-4-9-18(16)32-23(25)35)17(13-30)22(31)33(19)15-7-5-6-14(10-15)26(27,28)29/h3-10H,11-12,31H2,1-2H3,(H,32,35)/t25-/m0/s1. The van der Waals surface area contributed by atoms with Crippen LogP contribution in [0.2, 0.25) is 0 Å². The predicted octanol–water partition coefficient (Wildman–Crippen LogP) is 4.75. The van der Waals surface area contributed by atoms with Crippen molar-refractivity contribution in [2.45, 2.75) is 38.3 Å². The lowest BCUT2D eigenvalue weighted by atomic mass is 9.61. The highest BCUT2D eigenvalue weighted by molar-refractivity contribution is 6.20. The van der Waals surface area contributed by atoms with Crippen LogP contribution in [0.25, 0.3) is 0 Å². The molecule has 1 aliphatic carbocycles. The van der Waals surface area contributed by atoms with Gasteiger partial charge in [-0.2, -0.15) is 18.4 Å². The van der Waals surface area contributed by atoms with E-state index in [9.17, 15) is 28.0 Å². The van der Waals surface area contributed by atoms with Gasteiger partial charge in [0, 0.05) is 34.6 Å². The average molecular weight is 478 g/mol. The number of ketones is 1. The van der Waals surface area contributed by atoms with E-state index in [1.54, 1.807) is 24.3 Å². The van der Waals surface area contributed by atoms with Gasteiger partial charge in [-0.25, -0.2) is 0 Å². The number of anilines is 2. The molecule has 0 saturated carbocycles. The highest BCUT2D eigenvalue weighted by Gasteiger charge is 2.61. The Morgan fingerprint density at radius 1 is 1.09 bits per heavy atom. The van der Waals surface area contributed by atoms with E-state index in [4.69, 9.17) is 5.73 Å². The minimum atomic E-state index is -4.60. The van der Waals surface area contributed by atoms with Gasteiger partial charge < -0.3 is 11.1 Å². The molecular formula is C26H21F3N4O2. The van der Waals surface area contributed by atoms with E-state index in [1.807, 2.05) is 19.9 Å². The summed E-state index contributed by atoms with van der Waals surface area (Å²) < 4.78 is 40.6. The van der Waals surface area contributed by atoms with Crippen LogP contribution in [0.4, 0.5) is 24.5 Å². The number of fused-ring (bicyclic) bond motifs is 3. The van der Waals surface area contributed by atoms with Gasteiger partial charge in [-0.15, -0.1) is 0 Å². The second-order valence-corrected chi connectivity index (χ2v) is 9.77. The molecule has 0 unspecified atom stereocenters. The Labute approximate surface area is 199 Å². The molecule has 3 aliphatic rings. The maximum absolute atomic E-state index is 13.7. The van der Waals surface area contributed by atoms with E-state index in [0.717, 1.165) is 12.1 Å². The number of hydrogen-bond acceptors (Lipinski definition) is 5. The van der Waals surface area contributed by atoms with Crippen LogP contribution >= 0.6 is 0 Å². The van der Waals surface area contributed by atoms with Gasteiger partial charge in [-0.1, -0.05) is 38.1 Å². The summed E-state index contributed by atoms with van der Waals surface area (Å²) in [6.07, 6.45) is -4.23. The van der Waals surface area contributed by atoms with Gasteiger partial charge in [0.15, 0.2) is 5.78 Å². The number of para-hydroxylation sites is 1. The van der Waals surface area contributed by atoms with Gasteiger partial charge in [0.05, 0.1) is 11.1 Å². The van der Waals surface area contributed by atoms with Crippen LogP contribution in [0, 0.1) is 16.7 Å². The van der Waals surface area contributed by atoms with Crippen molar-refractivity contribution in [2.24, 2.45) is 11.1 Å². The number of benzene rings is 2. The molecule has 2 aliphatic heterocycles. The largest absolute Gasteiger partial charge is 0.416 e. The molecule has 35 heavy (non-hydrogen) atoms. The summed E-state index contributed by atoms with van der Waals surface area (Å²) in [5.74, 6) is -1.11. The molecule has 6 nitrogen and oxygen atoms in total. The molecule has 3 N–H and O–H groups in total. The van der Waals surface area contributed by atoms with Gasteiger partial charge in [-0.3, -0.25) is 14.5 Å². The van der Waals surface area contributed by atoms with E-state index in [1.165, 1.54) is 17.0 Å². The van der Waals surface area contributed by atoms with Crippen LogP contribution in [0.5, 0.6) is 0 Å². The first-order chi connectivity index (χ1) is 16.4. The monoisotopic (exact) mass is 478 g/mol. The van der Waals surface area contributed by atoms with Crippen LogP contribution in [0.1, 0.15) is 37.8 Å². The Kier molecular flexibility index (Phi) is 4.69. The number of nitrogens with one attached hydrogen (secondary N) is 1. The number of carbonyl (C=O) groups is 2. The Balaban J connectivity index is 1.87. The van der Waals surface area contributed by atoms with Gasteiger partial charge in [-0.05, 0) is 36.1 Å². The zero-order chi connectivity index (χ0) is 25.3. The number of halogens is 3. The first-order valence-corrected chi connectivity index (χ1v) is 11.0. The summed E-state index contributed by atoms with van der Waals surface area (Å²) in [5, 5.41) is 13.0. The maximum atomic E-state index is 13.7.